The third kappa shape index (κ3) is 4.60. The van der Waals surface area contributed by atoms with Crippen molar-refractivity contribution in [3.05, 3.63) is 83.8 Å². The van der Waals surface area contributed by atoms with Crippen LogP contribution in [0.4, 0.5) is 15.8 Å². The van der Waals surface area contributed by atoms with Gasteiger partial charge in [0.05, 0.1) is 27.3 Å². The molecule has 30 heavy (non-hydrogen) atoms. The molecule has 0 amide bonds. The normalized spacial score (nSPS) is 10.7. The summed E-state index contributed by atoms with van der Waals surface area (Å²) in [5, 5.41) is 4.59. The standard InChI is InChI=1S/C23H19ClFN3O2/c24-18-14-16(7-8-21(18)30-15-17-4-1-2-11-26-17)28-20-9-12-27-19-5-3-6-22(23(19)20)29-13-10-25/h1-9,11-12,14H,10,13,15H2,(H,27,28). The molecule has 0 spiro atoms. The van der Waals surface area contributed by atoms with E-state index in [2.05, 4.69) is 15.3 Å². The lowest BCUT2D eigenvalue weighted by Crippen LogP contribution is -2.01. The van der Waals surface area contributed by atoms with E-state index in [0.717, 1.165) is 28.0 Å². The molecule has 0 aliphatic rings. The first kappa shape index (κ1) is 19.9. The summed E-state index contributed by atoms with van der Waals surface area (Å²) in [4.78, 5) is 8.60. The van der Waals surface area contributed by atoms with Crippen LogP contribution in [-0.4, -0.2) is 23.2 Å². The maximum absolute atomic E-state index is 12.6. The van der Waals surface area contributed by atoms with Crippen molar-refractivity contribution < 1.29 is 13.9 Å². The van der Waals surface area contributed by atoms with Crippen LogP contribution in [-0.2, 0) is 6.61 Å². The molecular formula is C23H19ClFN3O2. The molecule has 0 saturated carbocycles. The van der Waals surface area contributed by atoms with Crippen molar-refractivity contribution >= 4 is 33.9 Å². The summed E-state index contributed by atoms with van der Waals surface area (Å²) >= 11 is 6.42. The minimum Gasteiger partial charge on any atom is -0.490 e. The SMILES string of the molecule is FCCOc1cccc2nccc(Nc3ccc(OCc4ccccn4)c(Cl)c3)c12. The summed E-state index contributed by atoms with van der Waals surface area (Å²) in [7, 11) is 0. The molecule has 4 aromatic rings. The van der Waals surface area contributed by atoms with Gasteiger partial charge in [-0.05, 0) is 48.5 Å². The number of fused-ring (bicyclic) bond motifs is 1. The largest absolute Gasteiger partial charge is 0.490 e. The number of rotatable bonds is 8. The molecule has 0 bridgehead atoms. The summed E-state index contributed by atoms with van der Waals surface area (Å²) in [6, 6.07) is 18.5. The van der Waals surface area contributed by atoms with Gasteiger partial charge in [-0.2, -0.15) is 0 Å². The van der Waals surface area contributed by atoms with Crippen LogP contribution in [0.25, 0.3) is 10.9 Å². The van der Waals surface area contributed by atoms with Gasteiger partial charge in [0.1, 0.15) is 31.4 Å². The van der Waals surface area contributed by atoms with Crippen LogP contribution in [0.5, 0.6) is 11.5 Å². The van der Waals surface area contributed by atoms with Gasteiger partial charge >= 0.3 is 0 Å². The zero-order valence-corrected chi connectivity index (χ0v) is 16.8. The minimum absolute atomic E-state index is 0.0123. The molecule has 0 saturated heterocycles. The van der Waals surface area contributed by atoms with Crippen molar-refractivity contribution in [2.45, 2.75) is 6.61 Å². The van der Waals surface area contributed by atoms with Crippen molar-refractivity contribution in [3.63, 3.8) is 0 Å². The van der Waals surface area contributed by atoms with E-state index < -0.39 is 6.67 Å². The number of ether oxygens (including phenoxy) is 2. The highest BCUT2D eigenvalue weighted by Crippen LogP contribution is 2.35. The quantitative estimate of drug-likeness (QED) is 0.379. The molecular weight excluding hydrogens is 405 g/mol. The molecule has 7 heteroatoms. The maximum atomic E-state index is 12.6. The Morgan fingerprint density at radius 3 is 2.63 bits per heavy atom. The number of anilines is 2. The fraction of sp³-hybridized carbons (Fsp3) is 0.130. The molecule has 0 atom stereocenters. The number of hydrogen-bond acceptors (Lipinski definition) is 5. The Hall–Kier alpha value is -3.38. The van der Waals surface area contributed by atoms with Gasteiger partial charge in [0.2, 0.25) is 0 Å². The topological polar surface area (TPSA) is 56.3 Å². The Morgan fingerprint density at radius 1 is 0.900 bits per heavy atom. The zero-order chi connectivity index (χ0) is 20.8. The lowest BCUT2D eigenvalue weighted by atomic mass is 10.1. The first-order valence-electron chi connectivity index (χ1n) is 9.40. The van der Waals surface area contributed by atoms with Crippen LogP contribution in [0.2, 0.25) is 5.02 Å². The Labute approximate surface area is 178 Å². The first-order valence-corrected chi connectivity index (χ1v) is 9.78. The summed E-state index contributed by atoms with van der Waals surface area (Å²) in [5.41, 5.74) is 3.13. The van der Waals surface area contributed by atoms with Crippen molar-refractivity contribution in [1.82, 2.24) is 9.97 Å². The van der Waals surface area contributed by atoms with Gasteiger partial charge in [0.25, 0.3) is 0 Å². The summed E-state index contributed by atoms with van der Waals surface area (Å²) < 4.78 is 23.9. The predicted octanol–water partition coefficient (Wildman–Crippen LogP) is 5.95. The van der Waals surface area contributed by atoms with Crippen molar-refractivity contribution in [2.24, 2.45) is 0 Å². The van der Waals surface area contributed by atoms with E-state index in [1.807, 2.05) is 42.5 Å². The van der Waals surface area contributed by atoms with Crippen LogP contribution in [0.15, 0.2) is 73.1 Å². The van der Waals surface area contributed by atoms with Crippen LogP contribution in [0.1, 0.15) is 5.69 Å². The lowest BCUT2D eigenvalue weighted by Gasteiger charge is -2.14. The number of aromatic nitrogens is 2. The number of halogens is 2. The van der Waals surface area contributed by atoms with Crippen LogP contribution >= 0.6 is 11.6 Å². The number of nitrogens with one attached hydrogen (secondary N) is 1. The molecule has 2 aromatic heterocycles. The van der Waals surface area contributed by atoms with E-state index in [-0.39, 0.29) is 6.61 Å². The Bertz CT molecular complexity index is 1140. The van der Waals surface area contributed by atoms with Gasteiger partial charge in [0, 0.05) is 18.1 Å². The maximum Gasteiger partial charge on any atom is 0.138 e. The summed E-state index contributed by atoms with van der Waals surface area (Å²) in [5.74, 6) is 1.14. The fourth-order valence-corrected chi connectivity index (χ4v) is 3.27. The molecule has 0 fully saturated rings. The highest BCUT2D eigenvalue weighted by Gasteiger charge is 2.10. The Balaban J connectivity index is 1.55. The molecule has 1 N–H and O–H groups in total. The number of benzene rings is 2. The van der Waals surface area contributed by atoms with Crippen molar-refractivity contribution in [1.29, 1.82) is 0 Å². The smallest absolute Gasteiger partial charge is 0.138 e. The molecule has 4 rings (SSSR count). The number of pyridine rings is 2. The average molecular weight is 424 g/mol. The molecule has 2 aromatic carbocycles. The average Bonchev–Trinajstić information content (AvgIpc) is 2.78. The molecule has 5 nitrogen and oxygen atoms in total. The Kier molecular flexibility index (Phi) is 6.25. The van der Waals surface area contributed by atoms with Crippen molar-refractivity contribution in [2.75, 3.05) is 18.6 Å². The fourth-order valence-electron chi connectivity index (χ4n) is 3.03. The van der Waals surface area contributed by atoms with E-state index in [0.29, 0.717) is 23.1 Å². The molecule has 152 valence electrons. The highest BCUT2D eigenvalue weighted by atomic mass is 35.5. The lowest BCUT2D eigenvalue weighted by molar-refractivity contribution is 0.276. The van der Waals surface area contributed by atoms with E-state index in [9.17, 15) is 4.39 Å². The van der Waals surface area contributed by atoms with Gasteiger partial charge < -0.3 is 14.8 Å². The first-order chi connectivity index (χ1) is 14.7. The molecule has 0 radical (unpaired) electrons. The zero-order valence-electron chi connectivity index (χ0n) is 16.0. The van der Waals surface area contributed by atoms with E-state index in [4.69, 9.17) is 21.1 Å². The summed E-state index contributed by atoms with van der Waals surface area (Å²) in [6.07, 6.45) is 3.42. The number of hydrogen-bond donors (Lipinski definition) is 1. The van der Waals surface area contributed by atoms with E-state index in [1.54, 1.807) is 30.6 Å². The third-order valence-electron chi connectivity index (χ3n) is 4.38. The van der Waals surface area contributed by atoms with Crippen molar-refractivity contribution in [3.8, 4) is 11.5 Å². The van der Waals surface area contributed by atoms with Gasteiger partial charge in [-0.3, -0.25) is 9.97 Å². The van der Waals surface area contributed by atoms with Gasteiger partial charge in [-0.25, -0.2) is 4.39 Å². The highest BCUT2D eigenvalue weighted by molar-refractivity contribution is 6.32. The van der Waals surface area contributed by atoms with E-state index >= 15 is 0 Å². The number of nitrogens with zero attached hydrogens (tertiary/aromatic N) is 2. The van der Waals surface area contributed by atoms with Gasteiger partial charge in [0.15, 0.2) is 0 Å². The second kappa shape index (κ2) is 9.41. The van der Waals surface area contributed by atoms with Crippen LogP contribution in [0.3, 0.4) is 0 Å². The van der Waals surface area contributed by atoms with Gasteiger partial charge in [-0.15, -0.1) is 0 Å². The van der Waals surface area contributed by atoms with Gasteiger partial charge in [-0.1, -0.05) is 23.7 Å². The monoisotopic (exact) mass is 423 g/mol. The van der Waals surface area contributed by atoms with E-state index in [1.165, 1.54) is 0 Å². The predicted molar refractivity (Wildman–Crippen MR) is 117 cm³/mol. The molecule has 0 aliphatic carbocycles. The van der Waals surface area contributed by atoms with Crippen LogP contribution in [0, 0.1) is 0 Å². The number of alkyl halides is 1. The third-order valence-corrected chi connectivity index (χ3v) is 4.67. The Morgan fingerprint density at radius 2 is 1.83 bits per heavy atom. The minimum atomic E-state index is -0.561. The van der Waals surface area contributed by atoms with Crippen LogP contribution < -0.4 is 14.8 Å². The summed E-state index contributed by atoms with van der Waals surface area (Å²) in [6.45, 7) is -0.242. The molecule has 0 unspecified atom stereocenters. The second-order valence-corrected chi connectivity index (χ2v) is 6.83. The molecule has 0 aliphatic heterocycles. The molecule has 2 heterocycles. The second-order valence-electron chi connectivity index (χ2n) is 6.43.